The molecule has 3 aromatic carbocycles. The number of aryl methyl sites for hydroxylation is 1. The van der Waals surface area contributed by atoms with Gasteiger partial charge >= 0.3 is 0 Å². The van der Waals surface area contributed by atoms with Crippen molar-refractivity contribution in [2.45, 2.75) is 84.0 Å². The van der Waals surface area contributed by atoms with Gasteiger partial charge in [-0.05, 0) is 96.9 Å². The van der Waals surface area contributed by atoms with E-state index in [1.54, 1.807) is 0 Å². The summed E-state index contributed by atoms with van der Waals surface area (Å²) in [7, 11) is 0. The molecule has 3 aromatic rings. The summed E-state index contributed by atoms with van der Waals surface area (Å²) in [6.07, 6.45) is 13.3. The van der Waals surface area contributed by atoms with Crippen LogP contribution in [0.3, 0.4) is 0 Å². The molecular weight excluding hydrogens is 408 g/mol. The summed E-state index contributed by atoms with van der Waals surface area (Å²) in [6.45, 7) is 4.57. The van der Waals surface area contributed by atoms with Crippen LogP contribution < -0.4 is 0 Å². The smallest absolute Gasteiger partial charge is 0.0249 e. The summed E-state index contributed by atoms with van der Waals surface area (Å²) in [5.41, 5.74) is 7.65. The van der Waals surface area contributed by atoms with E-state index in [0.29, 0.717) is 0 Å². The van der Waals surface area contributed by atoms with Gasteiger partial charge in [-0.3, -0.25) is 0 Å². The third kappa shape index (κ3) is 6.87. The highest BCUT2D eigenvalue weighted by atomic mass is 14.3. The lowest BCUT2D eigenvalue weighted by Gasteiger charge is -2.28. The molecule has 0 aromatic heterocycles. The van der Waals surface area contributed by atoms with Gasteiger partial charge in [-0.2, -0.15) is 0 Å². The summed E-state index contributed by atoms with van der Waals surface area (Å²) in [4.78, 5) is 0. The Labute approximate surface area is 207 Å². The maximum atomic E-state index is 3.33. The van der Waals surface area contributed by atoms with Crippen LogP contribution in [-0.2, 0) is 6.42 Å². The first-order valence-corrected chi connectivity index (χ1v) is 13.6. The summed E-state index contributed by atoms with van der Waals surface area (Å²) in [6, 6.07) is 26.8. The third-order valence-corrected chi connectivity index (χ3v) is 7.52. The van der Waals surface area contributed by atoms with Gasteiger partial charge in [-0.25, -0.2) is 0 Å². The Bertz CT molecular complexity index is 1050. The molecule has 1 saturated carbocycles. The lowest BCUT2D eigenvalue weighted by Crippen LogP contribution is -2.13. The highest BCUT2D eigenvalue weighted by molar-refractivity contribution is 5.65. The quantitative estimate of drug-likeness (QED) is 0.238. The van der Waals surface area contributed by atoms with Crippen LogP contribution >= 0.6 is 0 Å². The van der Waals surface area contributed by atoms with Crippen molar-refractivity contribution in [2.75, 3.05) is 0 Å². The van der Waals surface area contributed by atoms with Crippen molar-refractivity contribution in [1.82, 2.24) is 0 Å². The Morgan fingerprint density at radius 2 is 1.18 bits per heavy atom. The normalized spacial score (nSPS) is 17.7. The van der Waals surface area contributed by atoms with Crippen LogP contribution in [0.1, 0.15) is 99.8 Å². The average molecular weight is 449 g/mol. The fraction of sp³-hybridized carbons (Fsp3) is 0.412. The van der Waals surface area contributed by atoms with Gasteiger partial charge in [0.05, 0.1) is 0 Å². The number of benzene rings is 3. The summed E-state index contributed by atoms with van der Waals surface area (Å²) >= 11 is 0. The van der Waals surface area contributed by atoms with Crippen LogP contribution in [0.4, 0.5) is 0 Å². The molecule has 0 atom stereocenters. The SMILES string of the molecule is CCCCCc1ccc(C#Cc2ccc(-c3ccc(C4CCC(CCC)CC4)cc3)cc2)cc1. The molecule has 0 spiro atoms. The van der Waals surface area contributed by atoms with Crippen molar-refractivity contribution >= 4 is 0 Å². The van der Waals surface area contributed by atoms with Crippen LogP contribution in [0.25, 0.3) is 11.1 Å². The van der Waals surface area contributed by atoms with Crippen molar-refractivity contribution in [3.8, 4) is 23.0 Å². The zero-order valence-electron chi connectivity index (χ0n) is 21.2. The molecule has 0 amide bonds. The molecule has 34 heavy (non-hydrogen) atoms. The Morgan fingerprint density at radius 3 is 1.74 bits per heavy atom. The van der Waals surface area contributed by atoms with E-state index >= 15 is 0 Å². The molecule has 4 rings (SSSR count). The van der Waals surface area contributed by atoms with Crippen LogP contribution in [0.2, 0.25) is 0 Å². The molecule has 1 aliphatic rings. The van der Waals surface area contributed by atoms with Crippen LogP contribution in [0.5, 0.6) is 0 Å². The van der Waals surface area contributed by atoms with E-state index in [9.17, 15) is 0 Å². The van der Waals surface area contributed by atoms with Crippen molar-refractivity contribution in [3.63, 3.8) is 0 Å². The van der Waals surface area contributed by atoms with Gasteiger partial charge in [-0.1, -0.05) is 99.9 Å². The second kappa shape index (κ2) is 12.6. The van der Waals surface area contributed by atoms with Crippen LogP contribution in [-0.4, -0.2) is 0 Å². The Morgan fingerprint density at radius 1 is 0.618 bits per heavy atom. The van der Waals surface area contributed by atoms with Crippen molar-refractivity contribution in [2.24, 2.45) is 5.92 Å². The predicted octanol–water partition coefficient (Wildman–Crippen LogP) is 9.56. The molecule has 176 valence electrons. The minimum atomic E-state index is 0.755. The van der Waals surface area contributed by atoms with E-state index in [-0.39, 0.29) is 0 Å². The third-order valence-electron chi connectivity index (χ3n) is 7.52. The molecular formula is C34H40. The largest absolute Gasteiger partial charge is 0.0654 e. The van der Waals surface area contributed by atoms with E-state index < -0.39 is 0 Å². The topological polar surface area (TPSA) is 0 Å². The molecule has 0 N–H and O–H groups in total. The number of rotatable bonds is 8. The van der Waals surface area contributed by atoms with Crippen molar-refractivity contribution < 1.29 is 0 Å². The molecule has 0 saturated heterocycles. The van der Waals surface area contributed by atoms with Gasteiger partial charge < -0.3 is 0 Å². The first kappa shape index (κ1) is 24.3. The minimum Gasteiger partial charge on any atom is -0.0654 e. The summed E-state index contributed by atoms with van der Waals surface area (Å²) in [5.74, 6) is 8.37. The fourth-order valence-corrected chi connectivity index (χ4v) is 5.36. The van der Waals surface area contributed by atoms with Crippen molar-refractivity contribution in [1.29, 1.82) is 0 Å². The van der Waals surface area contributed by atoms with E-state index in [1.165, 1.54) is 86.5 Å². The Hall–Kier alpha value is -2.78. The molecule has 0 heteroatoms. The summed E-state index contributed by atoms with van der Waals surface area (Å²) < 4.78 is 0. The molecule has 1 aliphatic carbocycles. The lowest BCUT2D eigenvalue weighted by atomic mass is 9.77. The molecule has 0 heterocycles. The highest BCUT2D eigenvalue weighted by Gasteiger charge is 2.21. The molecule has 0 nitrogen and oxygen atoms in total. The zero-order valence-corrected chi connectivity index (χ0v) is 21.2. The lowest BCUT2D eigenvalue weighted by molar-refractivity contribution is 0.308. The molecule has 0 unspecified atom stereocenters. The second-order valence-electron chi connectivity index (χ2n) is 10.1. The monoisotopic (exact) mass is 448 g/mol. The summed E-state index contributed by atoms with van der Waals surface area (Å²) in [5, 5.41) is 0. The highest BCUT2D eigenvalue weighted by Crippen LogP contribution is 2.38. The van der Waals surface area contributed by atoms with E-state index in [1.807, 2.05) is 0 Å². The van der Waals surface area contributed by atoms with E-state index in [4.69, 9.17) is 0 Å². The number of unbranched alkanes of at least 4 members (excludes halogenated alkanes) is 2. The second-order valence-corrected chi connectivity index (χ2v) is 10.1. The molecule has 1 fully saturated rings. The van der Waals surface area contributed by atoms with Crippen molar-refractivity contribution in [3.05, 3.63) is 95.1 Å². The standard InChI is InChI=1S/C34H40/c1-3-5-6-8-28-9-11-29(12-10-28)13-14-30-17-21-32(22-18-30)34-25-23-33(24-26-34)31-19-15-27(7-4-2)16-20-31/h9-12,17-18,21-27,31H,3-8,15-16,19-20H2,1-2H3. The maximum absolute atomic E-state index is 3.33. The van der Waals surface area contributed by atoms with Crippen LogP contribution in [0.15, 0.2) is 72.8 Å². The average Bonchev–Trinajstić information content (AvgIpc) is 2.89. The van der Waals surface area contributed by atoms with Gasteiger partial charge in [0.2, 0.25) is 0 Å². The Kier molecular flexibility index (Phi) is 9.04. The molecule has 0 aliphatic heterocycles. The Balaban J connectivity index is 1.33. The minimum absolute atomic E-state index is 0.755. The number of hydrogen-bond donors (Lipinski definition) is 0. The van der Waals surface area contributed by atoms with E-state index in [2.05, 4.69) is 98.5 Å². The molecule has 0 radical (unpaired) electrons. The van der Waals surface area contributed by atoms with Gasteiger partial charge in [0.1, 0.15) is 0 Å². The first-order chi connectivity index (χ1) is 16.7. The van der Waals surface area contributed by atoms with E-state index in [0.717, 1.165) is 23.0 Å². The number of hydrogen-bond acceptors (Lipinski definition) is 0. The first-order valence-electron chi connectivity index (χ1n) is 13.6. The predicted molar refractivity (Wildman–Crippen MR) is 147 cm³/mol. The van der Waals surface area contributed by atoms with Gasteiger partial charge in [-0.15, -0.1) is 0 Å². The fourth-order valence-electron chi connectivity index (χ4n) is 5.36. The zero-order chi connectivity index (χ0) is 23.6. The van der Waals surface area contributed by atoms with Gasteiger partial charge in [0, 0.05) is 11.1 Å². The van der Waals surface area contributed by atoms with Gasteiger partial charge in [0.15, 0.2) is 0 Å². The molecule has 0 bridgehead atoms. The van der Waals surface area contributed by atoms with Gasteiger partial charge in [0.25, 0.3) is 0 Å². The maximum Gasteiger partial charge on any atom is 0.0249 e. The van der Waals surface area contributed by atoms with Crippen LogP contribution in [0, 0.1) is 17.8 Å².